The third-order valence-corrected chi connectivity index (χ3v) is 9.73. The first-order valence-electron chi connectivity index (χ1n) is 13.1. The molecule has 41 heavy (non-hydrogen) atoms. The number of thioether (sulfide) groups is 1. The summed E-state index contributed by atoms with van der Waals surface area (Å²) in [6, 6.07) is 17.4. The van der Waals surface area contributed by atoms with Gasteiger partial charge in [-0.15, -0.1) is 11.8 Å². The van der Waals surface area contributed by atoms with Gasteiger partial charge in [-0.25, -0.2) is 8.42 Å². The van der Waals surface area contributed by atoms with Gasteiger partial charge in [0.2, 0.25) is 11.8 Å². The van der Waals surface area contributed by atoms with Crippen LogP contribution >= 0.6 is 35.0 Å². The molecule has 0 aliphatic heterocycles. The second-order valence-corrected chi connectivity index (χ2v) is 13.6. The van der Waals surface area contributed by atoms with Crippen LogP contribution in [-0.4, -0.2) is 50.5 Å². The number of hydrogen-bond donors (Lipinski definition) is 1. The Bertz CT molecular complexity index is 1440. The molecule has 0 aliphatic carbocycles. The van der Waals surface area contributed by atoms with Crippen LogP contribution in [0, 0.1) is 12.8 Å². The van der Waals surface area contributed by atoms with E-state index in [1.54, 1.807) is 61.5 Å². The zero-order valence-electron chi connectivity index (χ0n) is 23.7. The number of sulfonamides is 1. The predicted molar refractivity (Wildman–Crippen MR) is 168 cm³/mol. The lowest BCUT2D eigenvalue weighted by molar-refractivity contribution is -0.139. The van der Waals surface area contributed by atoms with Crippen LogP contribution in [0.1, 0.15) is 31.9 Å². The molecule has 1 N–H and O–H groups in total. The van der Waals surface area contributed by atoms with Gasteiger partial charge < -0.3 is 10.2 Å². The van der Waals surface area contributed by atoms with E-state index in [1.807, 2.05) is 27.0 Å². The first kappa shape index (κ1) is 32.8. The number of nitrogens with zero attached hydrogens (tertiary/aromatic N) is 2. The Labute approximate surface area is 257 Å². The van der Waals surface area contributed by atoms with Gasteiger partial charge in [0.15, 0.2) is 0 Å². The number of anilines is 1. The molecule has 0 saturated heterocycles. The van der Waals surface area contributed by atoms with Crippen LogP contribution in [0.25, 0.3) is 0 Å². The third kappa shape index (κ3) is 8.41. The molecule has 0 spiro atoms. The van der Waals surface area contributed by atoms with Crippen molar-refractivity contribution in [1.29, 1.82) is 0 Å². The van der Waals surface area contributed by atoms with Crippen molar-refractivity contribution in [3.05, 3.63) is 87.9 Å². The van der Waals surface area contributed by atoms with E-state index < -0.39 is 28.5 Å². The summed E-state index contributed by atoms with van der Waals surface area (Å²) in [5.41, 5.74) is 1.72. The standard InChI is InChI=1S/C30H35Cl2N3O4S2/c1-20(2)17-33-30(37)22(4)34(18-26-27(31)7-6-8-28(26)32)29(36)19-35(23-11-9-21(3)10-12-23)41(38,39)25-15-13-24(40-5)14-16-25/h6-16,20,22H,17-19H2,1-5H3,(H,33,37)/t22-/m0/s1. The highest BCUT2D eigenvalue weighted by atomic mass is 35.5. The molecule has 0 heterocycles. The Morgan fingerprint density at radius 1 is 0.927 bits per heavy atom. The molecule has 0 aromatic heterocycles. The maximum atomic E-state index is 14.0. The van der Waals surface area contributed by atoms with Gasteiger partial charge in [0.25, 0.3) is 10.0 Å². The van der Waals surface area contributed by atoms with E-state index in [0.29, 0.717) is 27.8 Å². The molecular formula is C30H35Cl2N3O4S2. The molecule has 0 fully saturated rings. The van der Waals surface area contributed by atoms with Crippen LogP contribution < -0.4 is 9.62 Å². The van der Waals surface area contributed by atoms with Crippen molar-refractivity contribution in [1.82, 2.24) is 10.2 Å². The fourth-order valence-electron chi connectivity index (χ4n) is 4.00. The molecule has 3 aromatic rings. The van der Waals surface area contributed by atoms with Gasteiger partial charge in [0.05, 0.1) is 10.6 Å². The molecule has 7 nitrogen and oxygen atoms in total. The van der Waals surface area contributed by atoms with Crippen LogP contribution in [0.5, 0.6) is 0 Å². The number of nitrogens with one attached hydrogen (secondary N) is 1. The Balaban J connectivity index is 2.05. The molecular weight excluding hydrogens is 601 g/mol. The van der Waals surface area contributed by atoms with E-state index in [0.717, 1.165) is 14.8 Å². The smallest absolute Gasteiger partial charge is 0.264 e. The number of carbonyl (C=O) groups is 2. The zero-order chi connectivity index (χ0) is 30.3. The van der Waals surface area contributed by atoms with Crippen molar-refractivity contribution < 1.29 is 18.0 Å². The summed E-state index contributed by atoms with van der Waals surface area (Å²) < 4.78 is 29.0. The molecule has 3 rings (SSSR count). The van der Waals surface area contributed by atoms with E-state index in [9.17, 15) is 18.0 Å². The minimum Gasteiger partial charge on any atom is -0.354 e. The molecule has 2 amide bonds. The number of carbonyl (C=O) groups excluding carboxylic acids is 2. The van der Waals surface area contributed by atoms with Gasteiger partial charge in [0, 0.05) is 33.6 Å². The van der Waals surface area contributed by atoms with Crippen molar-refractivity contribution in [2.45, 2.75) is 50.1 Å². The van der Waals surface area contributed by atoms with Gasteiger partial charge in [-0.1, -0.05) is 60.8 Å². The second kappa shape index (κ2) is 14.4. The van der Waals surface area contributed by atoms with Crippen LogP contribution in [-0.2, 0) is 26.2 Å². The molecule has 0 unspecified atom stereocenters. The lowest BCUT2D eigenvalue weighted by Gasteiger charge is -2.32. The molecule has 1 atom stereocenters. The van der Waals surface area contributed by atoms with Crippen LogP contribution in [0.2, 0.25) is 10.0 Å². The fraction of sp³-hybridized carbons (Fsp3) is 0.333. The summed E-state index contributed by atoms with van der Waals surface area (Å²) in [4.78, 5) is 29.4. The lowest BCUT2D eigenvalue weighted by atomic mass is 10.1. The van der Waals surface area contributed by atoms with E-state index in [-0.39, 0.29) is 23.3 Å². The lowest BCUT2D eigenvalue weighted by Crippen LogP contribution is -2.51. The molecule has 220 valence electrons. The van der Waals surface area contributed by atoms with Gasteiger partial charge in [-0.3, -0.25) is 13.9 Å². The Hall–Kier alpha value is -2.72. The third-order valence-electron chi connectivity index (χ3n) is 6.49. The number of aryl methyl sites for hydroxylation is 1. The topological polar surface area (TPSA) is 86.8 Å². The highest BCUT2D eigenvalue weighted by molar-refractivity contribution is 7.98. The minimum absolute atomic E-state index is 0.0482. The minimum atomic E-state index is -4.15. The van der Waals surface area contributed by atoms with Crippen LogP contribution in [0.4, 0.5) is 5.69 Å². The molecule has 11 heteroatoms. The van der Waals surface area contributed by atoms with Crippen LogP contribution in [0.15, 0.2) is 76.5 Å². The number of benzene rings is 3. The maximum absolute atomic E-state index is 14.0. The Kier molecular flexibility index (Phi) is 11.6. The average Bonchev–Trinajstić information content (AvgIpc) is 2.94. The first-order valence-corrected chi connectivity index (χ1v) is 16.5. The first-order chi connectivity index (χ1) is 19.3. The number of halogens is 2. The van der Waals surface area contributed by atoms with Crippen molar-refractivity contribution in [2.24, 2.45) is 5.92 Å². The number of hydrogen-bond acceptors (Lipinski definition) is 5. The molecule has 3 aromatic carbocycles. The van der Waals surface area contributed by atoms with E-state index in [4.69, 9.17) is 23.2 Å². The van der Waals surface area contributed by atoms with E-state index in [1.165, 1.54) is 28.8 Å². The Morgan fingerprint density at radius 2 is 1.51 bits per heavy atom. The summed E-state index contributed by atoms with van der Waals surface area (Å²) in [5.74, 6) is -0.751. The van der Waals surface area contributed by atoms with Crippen molar-refractivity contribution in [2.75, 3.05) is 23.7 Å². The normalized spacial score (nSPS) is 12.2. The number of amides is 2. The average molecular weight is 637 g/mol. The van der Waals surface area contributed by atoms with E-state index in [2.05, 4.69) is 5.32 Å². The van der Waals surface area contributed by atoms with Crippen LogP contribution in [0.3, 0.4) is 0 Å². The summed E-state index contributed by atoms with van der Waals surface area (Å²) in [6.07, 6.45) is 1.90. The van der Waals surface area contributed by atoms with Gasteiger partial charge >= 0.3 is 0 Å². The van der Waals surface area contributed by atoms with Gasteiger partial charge in [-0.05, 0) is 74.6 Å². The van der Waals surface area contributed by atoms with Crippen molar-refractivity contribution in [3.63, 3.8) is 0 Å². The fourth-order valence-corrected chi connectivity index (χ4v) is 6.34. The highest BCUT2D eigenvalue weighted by Gasteiger charge is 2.33. The SMILES string of the molecule is CSc1ccc(S(=O)(=O)N(CC(=O)N(Cc2c(Cl)cccc2Cl)[C@@H](C)C(=O)NCC(C)C)c2ccc(C)cc2)cc1. The monoisotopic (exact) mass is 635 g/mol. The van der Waals surface area contributed by atoms with E-state index >= 15 is 0 Å². The summed E-state index contributed by atoms with van der Waals surface area (Å²) >= 11 is 14.4. The summed E-state index contributed by atoms with van der Waals surface area (Å²) in [7, 11) is -4.15. The highest BCUT2D eigenvalue weighted by Crippen LogP contribution is 2.29. The maximum Gasteiger partial charge on any atom is 0.264 e. The van der Waals surface area contributed by atoms with Gasteiger partial charge in [-0.2, -0.15) is 0 Å². The quantitative estimate of drug-likeness (QED) is 0.232. The zero-order valence-corrected chi connectivity index (χ0v) is 26.9. The number of rotatable bonds is 12. The predicted octanol–water partition coefficient (Wildman–Crippen LogP) is 6.41. The summed E-state index contributed by atoms with van der Waals surface area (Å²) in [6.45, 7) is 7.22. The molecule has 0 aliphatic rings. The second-order valence-electron chi connectivity index (χ2n) is 10.1. The largest absolute Gasteiger partial charge is 0.354 e. The van der Waals surface area contributed by atoms with Gasteiger partial charge in [0.1, 0.15) is 12.6 Å². The molecule has 0 radical (unpaired) electrons. The van der Waals surface area contributed by atoms with Crippen molar-refractivity contribution >= 4 is 62.5 Å². The Morgan fingerprint density at radius 3 is 2.05 bits per heavy atom. The van der Waals surface area contributed by atoms with Crippen molar-refractivity contribution in [3.8, 4) is 0 Å². The molecule has 0 saturated carbocycles. The summed E-state index contributed by atoms with van der Waals surface area (Å²) in [5, 5.41) is 3.53. The molecule has 0 bridgehead atoms.